The lowest BCUT2D eigenvalue weighted by Crippen LogP contribution is -2.29. The van der Waals surface area contributed by atoms with Crippen LogP contribution in [-0.4, -0.2) is 40.6 Å². The molecule has 3 N–H and O–H groups in total. The fourth-order valence-electron chi connectivity index (χ4n) is 1.64. The molecule has 0 saturated heterocycles. The highest BCUT2D eigenvalue weighted by atomic mass is 16.2. The topological polar surface area (TPSA) is 93.2 Å². The van der Waals surface area contributed by atoms with Crippen molar-refractivity contribution in [3.05, 3.63) is 18.0 Å². The summed E-state index contributed by atoms with van der Waals surface area (Å²) in [5, 5.41) is 4.21. The number of hydrogen-bond acceptors (Lipinski definition) is 4. The first-order valence-corrected chi connectivity index (χ1v) is 6.29. The second-order valence-corrected chi connectivity index (χ2v) is 4.54. The van der Waals surface area contributed by atoms with Gasteiger partial charge in [-0.25, -0.2) is 5.84 Å². The molecule has 2 amide bonds. The minimum Gasteiger partial charge on any atom is -0.343 e. The third-order valence-electron chi connectivity index (χ3n) is 2.72. The maximum Gasteiger partial charge on any atom is 0.273 e. The van der Waals surface area contributed by atoms with Crippen LogP contribution in [0.1, 0.15) is 36.2 Å². The summed E-state index contributed by atoms with van der Waals surface area (Å²) < 4.78 is 1.75. The number of nitrogens with zero attached hydrogens (tertiary/aromatic N) is 3. The number of unbranched alkanes of at least 4 members (excludes halogenated alkanes) is 2. The maximum absolute atomic E-state index is 11.6. The molecule has 7 nitrogen and oxygen atoms in total. The first-order chi connectivity index (χ1) is 9.04. The SMILES string of the molecule is CN(C)C(=O)c1ccn(CCCCCC(=O)NN)n1. The van der Waals surface area contributed by atoms with Crippen molar-refractivity contribution in [3.8, 4) is 0 Å². The van der Waals surface area contributed by atoms with E-state index in [1.165, 1.54) is 4.90 Å². The number of rotatable bonds is 7. The zero-order valence-corrected chi connectivity index (χ0v) is 11.4. The van der Waals surface area contributed by atoms with Gasteiger partial charge in [0.2, 0.25) is 5.91 Å². The molecule has 0 aliphatic rings. The van der Waals surface area contributed by atoms with Gasteiger partial charge in [0.1, 0.15) is 5.69 Å². The van der Waals surface area contributed by atoms with Crippen molar-refractivity contribution in [1.29, 1.82) is 0 Å². The van der Waals surface area contributed by atoms with Gasteiger partial charge < -0.3 is 4.90 Å². The Balaban J connectivity index is 2.27. The molecule has 0 radical (unpaired) electrons. The zero-order chi connectivity index (χ0) is 14.3. The van der Waals surface area contributed by atoms with Crippen LogP contribution >= 0.6 is 0 Å². The van der Waals surface area contributed by atoms with Crippen molar-refractivity contribution in [3.63, 3.8) is 0 Å². The highest BCUT2D eigenvalue weighted by Crippen LogP contribution is 2.04. The Hall–Kier alpha value is -1.89. The van der Waals surface area contributed by atoms with E-state index >= 15 is 0 Å². The normalized spacial score (nSPS) is 10.3. The Bertz CT molecular complexity index is 428. The zero-order valence-electron chi connectivity index (χ0n) is 11.4. The lowest BCUT2D eigenvalue weighted by Gasteiger charge is -2.07. The van der Waals surface area contributed by atoms with Crippen LogP contribution in [-0.2, 0) is 11.3 Å². The van der Waals surface area contributed by atoms with Gasteiger partial charge in [-0.05, 0) is 18.9 Å². The first-order valence-electron chi connectivity index (χ1n) is 6.29. The lowest BCUT2D eigenvalue weighted by molar-refractivity contribution is -0.121. The van der Waals surface area contributed by atoms with Gasteiger partial charge in [0.15, 0.2) is 0 Å². The molecule has 0 bridgehead atoms. The van der Waals surface area contributed by atoms with Gasteiger partial charge in [0.05, 0.1) is 0 Å². The third kappa shape index (κ3) is 5.09. The Labute approximate surface area is 112 Å². The van der Waals surface area contributed by atoms with Crippen LogP contribution in [0.3, 0.4) is 0 Å². The number of hydrogen-bond donors (Lipinski definition) is 2. The number of carbonyl (C=O) groups excluding carboxylic acids is 2. The quantitative estimate of drug-likeness (QED) is 0.318. The van der Waals surface area contributed by atoms with Gasteiger partial charge in [-0.3, -0.25) is 19.7 Å². The van der Waals surface area contributed by atoms with Crippen LogP contribution in [0.4, 0.5) is 0 Å². The van der Waals surface area contributed by atoms with Gasteiger partial charge in [0.25, 0.3) is 5.91 Å². The predicted octanol–water partition coefficient (Wildman–Crippen LogP) is 0.135. The molecule has 0 aliphatic carbocycles. The molecular formula is C12H21N5O2. The van der Waals surface area contributed by atoms with E-state index in [1.54, 1.807) is 31.0 Å². The van der Waals surface area contributed by atoms with Gasteiger partial charge >= 0.3 is 0 Å². The van der Waals surface area contributed by atoms with Crippen molar-refractivity contribution < 1.29 is 9.59 Å². The van der Waals surface area contributed by atoms with Crippen molar-refractivity contribution in [2.45, 2.75) is 32.2 Å². The summed E-state index contributed by atoms with van der Waals surface area (Å²) in [6.45, 7) is 0.741. The number of aryl methyl sites for hydroxylation is 1. The Morgan fingerprint density at radius 3 is 2.74 bits per heavy atom. The van der Waals surface area contributed by atoms with Crippen molar-refractivity contribution in [2.24, 2.45) is 5.84 Å². The number of hydrazine groups is 1. The van der Waals surface area contributed by atoms with E-state index in [4.69, 9.17) is 5.84 Å². The second kappa shape index (κ2) is 7.52. The standard InChI is InChI=1S/C12H21N5O2/c1-16(2)12(19)10-7-9-17(15-10)8-5-3-4-6-11(18)14-13/h7,9H,3-6,8,13H2,1-2H3,(H,14,18). The molecule has 0 saturated carbocycles. The van der Waals surface area contributed by atoms with E-state index < -0.39 is 0 Å². The van der Waals surface area contributed by atoms with Gasteiger partial charge in [0, 0.05) is 33.3 Å². The Morgan fingerprint density at radius 1 is 1.37 bits per heavy atom. The third-order valence-corrected chi connectivity index (χ3v) is 2.72. The lowest BCUT2D eigenvalue weighted by atomic mass is 10.2. The van der Waals surface area contributed by atoms with E-state index in [9.17, 15) is 9.59 Å². The van der Waals surface area contributed by atoms with E-state index in [1.807, 2.05) is 0 Å². The van der Waals surface area contributed by atoms with E-state index in [-0.39, 0.29) is 11.8 Å². The fourth-order valence-corrected chi connectivity index (χ4v) is 1.64. The number of nitrogens with two attached hydrogens (primary N) is 1. The fraction of sp³-hybridized carbons (Fsp3) is 0.583. The molecule has 0 spiro atoms. The summed E-state index contributed by atoms with van der Waals surface area (Å²) in [6, 6.07) is 1.71. The highest BCUT2D eigenvalue weighted by molar-refractivity contribution is 5.91. The van der Waals surface area contributed by atoms with Crippen molar-refractivity contribution in [1.82, 2.24) is 20.1 Å². The molecule has 0 atom stereocenters. The van der Waals surface area contributed by atoms with Crippen molar-refractivity contribution in [2.75, 3.05) is 14.1 Å². The van der Waals surface area contributed by atoms with Crippen LogP contribution in [0, 0.1) is 0 Å². The van der Waals surface area contributed by atoms with Gasteiger partial charge in [-0.1, -0.05) is 6.42 Å². The highest BCUT2D eigenvalue weighted by Gasteiger charge is 2.10. The number of amides is 2. The number of carbonyl (C=O) groups is 2. The molecule has 0 unspecified atom stereocenters. The molecule has 19 heavy (non-hydrogen) atoms. The summed E-state index contributed by atoms with van der Waals surface area (Å²) in [6.07, 6.45) is 4.87. The van der Waals surface area contributed by atoms with Gasteiger partial charge in [-0.15, -0.1) is 0 Å². The monoisotopic (exact) mass is 267 g/mol. The minimum absolute atomic E-state index is 0.0987. The molecule has 0 aliphatic heterocycles. The average molecular weight is 267 g/mol. The molecule has 106 valence electrons. The largest absolute Gasteiger partial charge is 0.343 e. The molecule has 1 rings (SSSR count). The van der Waals surface area contributed by atoms with Crippen LogP contribution in [0.2, 0.25) is 0 Å². The Kier molecular flexibility index (Phi) is 6.01. The number of nitrogens with one attached hydrogen (secondary N) is 1. The predicted molar refractivity (Wildman–Crippen MR) is 71.0 cm³/mol. The van der Waals surface area contributed by atoms with E-state index in [0.29, 0.717) is 12.1 Å². The van der Waals surface area contributed by atoms with Crippen LogP contribution in [0.15, 0.2) is 12.3 Å². The smallest absolute Gasteiger partial charge is 0.273 e. The molecule has 1 aromatic heterocycles. The first kappa shape index (κ1) is 15.2. The molecular weight excluding hydrogens is 246 g/mol. The summed E-state index contributed by atoms with van der Waals surface area (Å²) in [5.74, 6) is 4.74. The Morgan fingerprint density at radius 2 is 2.11 bits per heavy atom. The van der Waals surface area contributed by atoms with Crippen molar-refractivity contribution >= 4 is 11.8 Å². The summed E-state index contributed by atoms with van der Waals surface area (Å²) in [5.41, 5.74) is 2.55. The van der Waals surface area contributed by atoms with Gasteiger partial charge in [-0.2, -0.15) is 5.10 Å². The maximum atomic E-state index is 11.6. The molecule has 0 fully saturated rings. The minimum atomic E-state index is -0.141. The summed E-state index contributed by atoms with van der Waals surface area (Å²) >= 11 is 0. The molecule has 1 heterocycles. The summed E-state index contributed by atoms with van der Waals surface area (Å²) in [4.78, 5) is 24.0. The second-order valence-electron chi connectivity index (χ2n) is 4.54. The molecule has 0 aromatic carbocycles. The van der Waals surface area contributed by atoms with Crippen LogP contribution < -0.4 is 11.3 Å². The average Bonchev–Trinajstić information content (AvgIpc) is 2.85. The van der Waals surface area contributed by atoms with E-state index in [0.717, 1.165) is 25.8 Å². The summed E-state index contributed by atoms with van der Waals surface area (Å²) in [7, 11) is 3.40. The van der Waals surface area contributed by atoms with Crippen LogP contribution in [0.5, 0.6) is 0 Å². The van der Waals surface area contributed by atoms with Crippen LogP contribution in [0.25, 0.3) is 0 Å². The van der Waals surface area contributed by atoms with E-state index in [2.05, 4.69) is 10.5 Å². The number of aromatic nitrogens is 2. The molecule has 1 aromatic rings. The molecule has 7 heteroatoms.